The molecule has 0 fully saturated rings. The predicted octanol–water partition coefficient (Wildman–Crippen LogP) is 2.01. The molecule has 0 atom stereocenters. The van der Waals surface area contributed by atoms with Crippen molar-refractivity contribution in [2.45, 2.75) is 39.8 Å². The second-order valence-corrected chi connectivity index (χ2v) is 6.16. The highest BCUT2D eigenvalue weighted by molar-refractivity contribution is 6.50. The molecule has 1 N–H and O–H groups in total. The van der Waals surface area contributed by atoms with Gasteiger partial charge in [0, 0.05) is 0 Å². The summed E-state index contributed by atoms with van der Waals surface area (Å²) in [5.74, 6) is 1.36. The average molecular weight is 160 g/mol. The SMILES string of the molecule is CC(C)C[SiH](O)CC(C)C. The summed E-state index contributed by atoms with van der Waals surface area (Å²) in [5.41, 5.74) is 0. The van der Waals surface area contributed by atoms with Crippen LogP contribution >= 0.6 is 0 Å². The van der Waals surface area contributed by atoms with Gasteiger partial charge in [-0.3, -0.25) is 0 Å². The van der Waals surface area contributed by atoms with Crippen LogP contribution in [0.2, 0.25) is 12.1 Å². The fourth-order valence-electron chi connectivity index (χ4n) is 1.18. The third kappa shape index (κ3) is 6.30. The minimum atomic E-state index is -1.32. The Morgan fingerprint density at radius 3 is 1.50 bits per heavy atom. The van der Waals surface area contributed by atoms with Crippen LogP contribution in [-0.4, -0.2) is 13.8 Å². The number of hydrogen-bond donors (Lipinski definition) is 1. The summed E-state index contributed by atoms with van der Waals surface area (Å²) in [6.07, 6.45) is 0. The third-order valence-corrected chi connectivity index (χ3v) is 4.46. The summed E-state index contributed by atoms with van der Waals surface area (Å²) in [7, 11) is -1.32. The Labute approximate surface area is 66.2 Å². The van der Waals surface area contributed by atoms with Crippen molar-refractivity contribution in [3.05, 3.63) is 0 Å². The molecule has 62 valence electrons. The third-order valence-electron chi connectivity index (χ3n) is 1.49. The molecule has 0 amide bonds. The lowest BCUT2D eigenvalue weighted by Crippen LogP contribution is -2.16. The van der Waals surface area contributed by atoms with Crippen molar-refractivity contribution in [1.29, 1.82) is 0 Å². The lowest BCUT2D eigenvalue weighted by Gasteiger charge is -2.12. The molecule has 0 aliphatic rings. The van der Waals surface area contributed by atoms with Crippen LogP contribution in [0.4, 0.5) is 0 Å². The highest BCUT2D eigenvalue weighted by atomic mass is 28.3. The van der Waals surface area contributed by atoms with Crippen LogP contribution in [0.1, 0.15) is 27.7 Å². The van der Waals surface area contributed by atoms with Crippen molar-refractivity contribution >= 4 is 9.04 Å². The Balaban J connectivity index is 3.34. The topological polar surface area (TPSA) is 20.2 Å². The van der Waals surface area contributed by atoms with Crippen LogP contribution in [0.3, 0.4) is 0 Å². The van der Waals surface area contributed by atoms with E-state index in [0.29, 0.717) is 11.8 Å². The molecule has 0 aliphatic carbocycles. The molecule has 0 aromatic carbocycles. The van der Waals surface area contributed by atoms with E-state index in [9.17, 15) is 4.80 Å². The van der Waals surface area contributed by atoms with Gasteiger partial charge in [0.15, 0.2) is 9.04 Å². The van der Waals surface area contributed by atoms with Crippen molar-refractivity contribution in [3.8, 4) is 0 Å². The molecule has 10 heavy (non-hydrogen) atoms. The zero-order chi connectivity index (χ0) is 8.15. The Bertz CT molecular complexity index is 71.3. The van der Waals surface area contributed by atoms with Crippen molar-refractivity contribution < 1.29 is 4.80 Å². The Morgan fingerprint density at radius 2 is 1.30 bits per heavy atom. The first-order valence-electron chi connectivity index (χ1n) is 4.20. The lowest BCUT2D eigenvalue weighted by atomic mass is 10.3. The van der Waals surface area contributed by atoms with Crippen LogP contribution < -0.4 is 0 Å². The molecular formula is C8H20OSi. The van der Waals surface area contributed by atoms with E-state index in [0.717, 1.165) is 12.1 Å². The number of rotatable bonds is 4. The molecule has 1 nitrogen and oxygen atoms in total. The normalized spacial score (nSPS) is 12.0. The highest BCUT2D eigenvalue weighted by Crippen LogP contribution is 2.11. The van der Waals surface area contributed by atoms with E-state index < -0.39 is 9.04 Å². The molecule has 0 saturated carbocycles. The minimum Gasteiger partial charge on any atom is -0.435 e. The van der Waals surface area contributed by atoms with Gasteiger partial charge in [-0.05, 0) is 23.9 Å². The standard InChI is InChI=1S/C8H20OSi/c1-7(2)5-10(9)6-8(3)4/h7-10H,5-6H2,1-4H3. The quantitative estimate of drug-likeness (QED) is 0.624. The number of hydrogen-bond acceptors (Lipinski definition) is 1. The van der Waals surface area contributed by atoms with Gasteiger partial charge >= 0.3 is 0 Å². The smallest absolute Gasteiger partial charge is 0.173 e. The lowest BCUT2D eigenvalue weighted by molar-refractivity contribution is 0.525. The summed E-state index contributed by atoms with van der Waals surface area (Å²) in [6.45, 7) is 8.71. The van der Waals surface area contributed by atoms with Gasteiger partial charge in [0.25, 0.3) is 0 Å². The predicted molar refractivity (Wildman–Crippen MR) is 48.7 cm³/mol. The van der Waals surface area contributed by atoms with E-state index in [4.69, 9.17) is 0 Å². The van der Waals surface area contributed by atoms with Crippen LogP contribution in [-0.2, 0) is 0 Å². The van der Waals surface area contributed by atoms with E-state index in [2.05, 4.69) is 27.7 Å². The van der Waals surface area contributed by atoms with Crippen LogP contribution in [0.15, 0.2) is 0 Å². The maximum absolute atomic E-state index is 9.53. The first kappa shape index (κ1) is 10.2. The summed E-state index contributed by atoms with van der Waals surface area (Å²) in [5, 5.41) is 0. The molecule has 0 aliphatic heterocycles. The van der Waals surface area contributed by atoms with E-state index in [1.54, 1.807) is 0 Å². The van der Waals surface area contributed by atoms with E-state index in [1.165, 1.54) is 0 Å². The average Bonchev–Trinajstić information content (AvgIpc) is 1.58. The first-order chi connectivity index (χ1) is 4.52. The van der Waals surface area contributed by atoms with E-state index in [1.807, 2.05) is 0 Å². The minimum absolute atomic E-state index is 0.681. The van der Waals surface area contributed by atoms with Crippen LogP contribution in [0, 0.1) is 11.8 Å². The fraction of sp³-hybridized carbons (Fsp3) is 1.00. The highest BCUT2D eigenvalue weighted by Gasteiger charge is 2.10. The fourth-order valence-corrected chi connectivity index (χ4v) is 3.55. The van der Waals surface area contributed by atoms with Gasteiger partial charge in [0.05, 0.1) is 0 Å². The Hall–Kier alpha value is 0.177. The van der Waals surface area contributed by atoms with Gasteiger partial charge in [-0.25, -0.2) is 0 Å². The molecule has 0 aromatic heterocycles. The largest absolute Gasteiger partial charge is 0.435 e. The van der Waals surface area contributed by atoms with Crippen LogP contribution in [0.25, 0.3) is 0 Å². The van der Waals surface area contributed by atoms with Gasteiger partial charge < -0.3 is 4.80 Å². The molecule has 0 heterocycles. The Morgan fingerprint density at radius 1 is 1.00 bits per heavy atom. The molecule has 0 unspecified atom stereocenters. The molecule has 0 spiro atoms. The molecule has 0 radical (unpaired) electrons. The summed E-state index contributed by atoms with van der Waals surface area (Å²) in [4.78, 5) is 9.53. The molecule has 0 saturated heterocycles. The Kier molecular flexibility index (Phi) is 5.00. The zero-order valence-electron chi connectivity index (χ0n) is 7.59. The van der Waals surface area contributed by atoms with Gasteiger partial charge in [-0.1, -0.05) is 27.7 Å². The van der Waals surface area contributed by atoms with Crippen molar-refractivity contribution in [3.63, 3.8) is 0 Å². The van der Waals surface area contributed by atoms with Crippen molar-refractivity contribution in [1.82, 2.24) is 0 Å². The monoisotopic (exact) mass is 160 g/mol. The molecule has 0 bridgehead atoms. The van der Waals surface area contributed by atoms with E-state index in [-0.39, 0.29) is 0 Å². The maximum Gasteiger partial charge on any atom is 0.173 e. The molecule has 2 heteroatoms. The molecule has 0 aromatic rings. The maximum atomic E-state index is 9.53. The van der Waals surface area contributed by atoms with E-state index >= 15 is 0 Å². The van der Waals surface area contributed by atoms with Gasteiger partial charge in [-0.15, -0.1) is 0 Å². The second kappa shape index (κ2) is 4.91. The summed E-state index contributed by atoms with van der Waals surface area (Å²) in [6, 6.07) is 2.16. The van der Waals surface area contributed by atoms with Gasteiger partial charge in [-0.2, -0.15) is 0 Å². The van der Waals surface area contributed by atoms with Gasteiger partial charge in [0.1, 0.15) is 0 Å². The van der Waals surface area contributed by atoms with Gasteiger partial charge in [0.2, 0.25) is 0 Å². The first-order valence-corrected chi connectivity index (χ1v) is 6.35. The summed E-state index contributed by atoms with van der Waals surface area (Å²) >= 11 is 0. The second-order valence-electron chi connectivity index (χ2n) is 3.91. The zero-order valence-corrected chi connectivity index (χ0v) is 8.75. The summed E-state index contributed by atoms with van der Waals surface area (Å²) < 4.78 is 0. The van der Waals surface area contributed by atoms with Crippen molar-refractivity contribution in [2.75, 3.05) is 0 Å². The van der Waals surface area contributed by atoms with Crippen molar-refractivity contribution in [2.24, 2.45) is 11.8 Å². The van der Waals surface area contributed by atoms with Crippen LogP contribution in [0.5, 0.6) is 0 Å². The molecular weight excluding hydrogens is 140 g/mol. The molecule has 0 rings (SSSR count).